The molecule has 0 aliphatic heterocycles. The monoisotopic (exact) mass is 324 g/mol. The first kappa shape index (κ1) is 13.6. The highest BCUT2D eigenvalue weighted by molar-refractivity contribution is 9.10. The van der Waals surface area contributed by atoms with Gasteiger partial charge >= 0.3 is 0 Å². The molecule has 0 aliphatic rings. The van der Waals surface area contributed by atoms with E-state index in [1.54, 1.807) is 18.2 Å². The highest BCUT2D eigenvalue weighted by Crippen LogP contribution is 2.21. The molecule has 0 unspecified atom stereocenters. The molecule has 1 aromatic carbocycles. The average Bonchev–Trinajstić information content (AvgIpc) is 2.44. The molecule has 1 heterocycles. The van der Waals surface area contributed by atoms with Crippen molar-refractivity contribution in [2.75, 3.05) is 7.11 Å². The third-order valence-electron chi connectivity index (χ3n) is 2.52. The van der Waals surface area contributed by atoms with Crippen molar-refractivity contribution in [2.24, 2.45) is 0 Å². The fourth-order valence-electron chi connectivity index (χ4n) is 1.53. The number of nitrogens with zero attached hydrogens (tertiary/aromatic N) is 2. The number of Topliss-reactive ketones (excluding diaryl/α,β-unsaturated/α-hetero) is 1. The summed E-state index contributed by atoms with van der Waals surface area (Å²) in [5.41, 5.74) is 0.791. The van der Waals surface area contributed by atoms with Crippen molar-refractivity contribution in [2.45, 2.75) is 6.42 Å². The number of ether oxygens (including phenoxy) is 1. The summed E-state index contributed by atoms with van der Waals surface area (Å²) in [6.07, 6.45) is 0.0549. The molecule has 98 valence electrons. The minimum atomic E-state index is -0.397. The lowest BCUT2D eigenvalue weighted by Gasteiger charge is -2.04. The summed E-state index contributed by atoms with van der Waals surface area (Å²) in [6, 6.07) is 7.65. The molecule has 0 spiro atoms. The standard InChI is InChI=1S/C13H10BrFN2O2/c1-19-12-6-5-10(16-17-12)11(18)7-8-3-2-4-9(15)13(8)14/h2-6H,7H2,1H3. The molecule has 0 saturated carbocycles. The number of methoxy groups -OCH3 is 1. The number of halogens is 2. The summed E-state index contributed by atoms with van der Waals surface area (Å²) >= 11 is 3.12. The molecular weight excluding hydrogens is 315 g/mol. The molecule has 19 heavy (non-hydrogen) atoms. The van der Waals surface area contributed by atoms with Crippen LogP contribution in [0.5, 0.6) is 5.88 Å². The zero-order chi connectivity index (χ0) is 13.8. The van der Waals surface area contributed by atoms with Gasteiger partial charge in [-0.2, -0.15) is 0 Å². The van der Waals surface area contributed by atoms with Crippen LogP contribution in [0, 0.1) is 5.82 Å². The van der Waals surface area contributed by atoms with Crippen LogP contribution in [0.4, 0.5) is 4.39 Å². The predicted octanol–water partition coefficient (Wildman–Crippen LogP) is 2.81. The van der Waals surface area contributed by atoms with E-state index in [0.717, 1.165) is 0 Å². The summed E-state index contributed by atoms with van der Waals surface area (Å²) in [5, 5.41) is 7.49. The van der Waals surface area contributed by atoms with Gasteiger partial charge in [-0.3, -0.25) is 4.79 Å². The van der Waals surface area contributed by atoms with Crippen LogP contribution in [0.1, 0.15) is 16.1 Å². The minimum Gasteiger partial charge on any atom is -0.480 e. The van der Waals surface area contributed by atoms with E-state index < -0.39 is 5.82 Å². The number of aromatic nitrogens is 2. The highest BCUT2D eigenvalue weighted by atomic mass is 79.9. The lowest BCUT2D eigenvalue weighted by molar-refractivity contribution is 0.0987. The van der Waals surface area contributed by atoms with E-state index in [-0.39, 0.29) is 17.9 Å². The van der Waals surface area contributed by atoms with Gasteiger partial charge in [0.15, 0.2) is 5.78 Å². The molecule has 0 radical (unpaired) electrons. The van der Waals surface area contributed by atoms with Crippen LogP contribution < -0.4 is 4.74 Å². The Kier molecular flexibility index (Phi) is 4.21. The SMILES string of the molecule is COc1ccc(C(=O)Cc2cccc(F)c2Br)nn1. The van der Waals surface area contributed by atoms with E-state index >= 15 is 0 Å². The van der Waals surface area contributed by atoms with Gasteiger partial charge in [0, 0.05) is 12.5 Å². The Morgan fingerprint density at radius 2 is 2.11 bits per heavy atom. The molecule has 0 fully saturated rings. The first-order chi connectivity index (χ1) is 9.11. The van der Waals surface area contributed by atoms with E-state index in [4.69, 9.17) is 4.74 Å². The predicted molar refractivity (Wildman–Crippen MR) is 70.7 cm³/mol. The van der Waals surface area contributed by atoms with Crippen LogP contribution in [0.3, 0.4) is 0 Å². The van der Waals surface area contributed by atoms with Crippen molar-refractivity contribution in [1.29, 1.82) is 0 Å². The quantitative estimate of drug-likeness (QED) is 0.811. The largest absolute Gasteiger partial charge is 0.480 e. The zero-order valence-corrected chi connectivity index (χ0v) is 11.6. The van der Waals surface area contributed by atoms with Crippen molar-refractivity contribution in [3.8, 4) is 5.88 Å². The Morgan fingerprint density at radius 1 is 1.32 bits per heavy atom. The Balaban J connectivity index is 2.18. The third kappa shape index (κ3) is 3.14. The fourth-order valence-corrected chi connectivity index (χ4v) is 1.93. The van der Waals surface area contributed by atoms with Gasteiger partial charge in [0.1, 0.15) is 11.5 Å². The lowest BCUT2D eigenvalue weighted by atomic mass is 10.1. The third-order valence-corrected chi connectivity index (χ3v) is 3.41. The molecule has 2 rings (SSSR count). The molecular formula is C13H10BrFN2O2. The Labute approximate surface area is 117 Å². The maximum Gasteiger partial charge on any atom is 0.233 e. The maximum atomic E-state index is 13.3. The number of rotatable bonds is 4. The molecule has 0 atom stereocenters. The fraction of sp³-hybridized carbons (Fsp3) is 0.154. The Hall–Kier alpha value is -1.82. The second-order valence-electron chi connectivity index (χ2n) is 3.77. The van der Waals surface area contributed by atoms with E-state index in [0.29, 0.717) is 15.9 Å². The summed E-state index contributed by atoms with van der Waals surface area (Å²) in [4.78, 5) is 12.0. The van der Waals surface area contributed by atoms with Gasteiger partial charge in [0.2, 0.25) is 5.88 Å². The van der Waals surface area contributed by atoms with Crippen LogP contribution in [0.15, 0.2) is 34.8 Å². The lowest BCUT2D eigenvalue weighted by Crippen LogP contribution is -2.08. The highest BCUT2D eigenvalue weighted by Gasteiger charge is 2.13. The number of hydrogen-bond donors (Lipinski definition) is 0. The maximum absolute atomic E-state index is 13.3. The van der Waals surface area contributed by atoms with Gasteiger partial charge in [0.05, 0.1) is 11.6 Å². The molecule has 6 heteroatoms. The molecule has 4 nitrogen and oxygen atoms in total. The van der Waals surface area contributed by atoms with Gasteiger partial charge in [-0.25, -0.2) is 4.39 Å². The second-order valence-corrected chi connectivity index (χ2v) is 4.57. The molecule has 0 N–H and O–H groups in total. The van der Waals surface area contributed by atoms with Crippen molar-refractivity contribution in [3.05, 3.63) is 51.9 Å². The van der Waals surface area contributed by atoms with E-state index in [2.05, 4.69) is 26.1 Å². The Bertz CT molecular complexity index is 602. The number of carbonyl (C=O) groups is 1. The Morgan fingerprint density at radius 3 is 2.74 bits per heavy atom. The summed E-state index contributed by atoms with van der Waals surface area (Å²) in [5.74, 6) is -0.295. The van der Waals surface area contributed by atoms with Gasteiger partial charge in [-0.05, 0) is 33.6 Å². The average molecular weight is 325 g/mol. The minimum absolute atomic E-state index is 0.0549. The zero-order valence-electron chi connectivity index (χ0n) is 10.1. The molecule has 0 aliphatic carbocycles. The first-order valence-corrected chi connectivity index (χ1v) is 6.25. The number of benzene rings is 1. The van der Waals surface area contributed by atoms with E-state index in [9.17, 15) is 9.18 Å². The second kappa shape index (κ2) is 5.88. The molecule has 0 bridgehead atoms. The number of ketones is 1. The molecule has 1 aromatic heterocycles. The van der Waals surface area contributed by atoms with Gasteiger partial charge < -0.3 is 4.74 Å². The smallest absolute Gasteiger partial charge is 0.233 e. The van der Waals surface area contributed by atoms with E-state index in [1.807, 2.05) is 0 Å². The topological polar surface area (TPSA) is 52.1 Å². The van der Waals surface area contributed by atoms with Gasteiger partial charge in [-0.15, -0.1) is 10.2 Å². The van der Waals surface area contributed by atoms with Gasteiger partial charge in [0.25, 0.3) is 0 Å². The van der Waals surface area contributed by atoms with Crippen molar-refractivity contribution >= 4 is 21.7 Å². The van der Waals surface area contributed by atoms with Crippen molar-refractivity contribution < 1.29 is 13.9 Å². The normalized spacial score (nSPS) is 10.3. The van der Waals surface area contributed by atoms with Crippen LogP contribution in [-0.4, -0.2) is 23.1 Å². The molecule has 2 aromatic rings. The van der Waals surface area contributed by atoms with Crippen LogP contribution in [0.25, 0.3) is 0 Å². The van der Waals surface area contributed by atoms with E-state index in [1.165, 1.54) is 19.2 Å². The van der Waals surface area contributed by atoms with Gasteiger partial charge in [-0.1, -0.05) is 12.1 Å². The molecule has 0 saturated heterocycles. The first-order valence-electron chi connectivity index (χ1n) is 5.45. The molecule has 0 amide bonds. The summed E-state index contributed by atoms with van der Waals surface area (Å²) in [7, 11) is 1.47. The van der Waals surface area contributed by atoms with Crippen LogP contribution in [-0.2, 0) is 6.42 Å². The summed E-state index contributed by atoms with van der Waals surface area (Å²) in [6.45, 7) is 0. The number of carbonyl (C=O) groups excluding carboxylic acids is 1. The number of hydrogen-bond acceptors (Lipinski definition) is 4. The van der Waals surface area contributed by atoms with Crippen molar-refractivity contribution in [1.82, 2.24) is 10.2 Å². The van der Waals surface area contributed by atoms with Crippen LogP contribution >= 0.6 is 15.9 Å². The van der Waals surface area contributed by atoms with Crippen molar-refractivity contribution in [3.63, 3.8) is 0 Å². The van der Waals surface area contributed by atoms with Crippen LogP contribution in [0.2, 0.25) is 0 Å². The summed E-state index contributed by atoms with van der Waals surface area (Å²) < 4.78 is 18.5.